The normalized spacial score (nSPS) is 18.1. The van der Waals surface area contributed by atoms with Crippen LogP contribution in [-0.2, 0) is 22.4 Å². The number of rotatable bonds is 9. The minimum absolute atomic E-state index is 0.0140. The third kappa shape index (κ3) is 7.74. The molecular formula is C28H32Cl2N4O2. The van der Waals surface area contributed by atoms with Gasteiger partial charge in [-0.2, -0.15) is 0 Å². The van der Waals surface area contributed by atoms with Crippen molar-refractivity contribution in [1.82, 2.24) is 9.80 Å². The van der Waals surface area contributed by atoms with E-state index in [1.165, 1.54) is 0 Å². The summed E-state index contributed by atoms with van der Waals surface area (Å²) in [4.78, 5) is 34.4. The molecule has 6 nitrogen and oxygen atoms in total. The summed E-state index contributed by atoms with van der Waals surface area (Å²) in [5.41, 5.74) is 7.46. The number of terminal acetylenes is 1. The molecule has 2 N–H and O–H groups in total. The summed E-state index contributed by atoms with van der Waals surface area (Å²) in [7, 11) is 0. The van der Waals surface area contributed by atoms with Crippen molar-refractivity contribution in [3.05, 3.63) is 69.7 Å². The fourth-order valence-corrected chi connectivity index (χ4v) is 4.92. The van der Waals surface area contributed by atoms with Crippen LogP contribution < -0.4 is 5.73 Å². The van der Waals surface area contributed by atoms with Crippen molar-refractivity contribution in [2.24, 2.45) is 10.7 Å². The highest BCUT2D eigenvalue weighted by Gasteiger charge is 2.37. The zero-order valence-electron chi connectivity index (χ0n) is 20.5. The average molecular weight is 527 g/mol. The van der Waals surface area contributed by atoms with Gasteiger partial charge in [-0.05, 0) is 49.4 Å². The topological polar surface area (TPSA) is 79.0 Å². The van der Waals surface area contributed by atoms with Crippen LogP contribution in [0.25, 0.3) is 0 Å². The summed E-state index contributed by atoms with van der Waals surface area (Å²) >= 11 is 12.3. The number of carbonyl (C=O) groups is 2. The van der Waals surface area contributed by atoms with Gasteiger partial charge in [-0.1, -0.05) is 65.5 Å². The summed E-state index contributed by atoms with van der Waals surface area (Å²) in [5.74, 6) is 3.21. The third-order valence-electron chi connectivity index (χ3n) is 6.31. The molecule has 0 spiro atoms. The van der Waals surface area contributed by atoms with E-state index in [2.05, 4.69) is 10.9 Å². The van der Waals surface area contributed by atoms with Gasteiger partial charge in [0.05, 0.1) is 18.8 Å². The second-order valence-corrected chi connectivity index (χ2v) is 9.84. The highest BCUT2D eigenvalue weighted by molar-refractivity contribution is 6.35. The molecule has 0 saturated carbocycles. The number of aryl methyl sites for hydroxylation is 1. The molecule has 2 atom stereocenters. The van der Waals surface area contributed by atoms with E-state index in [-0.39, 0.29) is 30.7 Å². The van der Waals surface area contributed by atoms with E-state index in [9.17, 15) is 9.59 Å². The quantitative estimate of drug-likeness (QED) is 0.228. The van der Waals surface area contributed by atoms with Gasteiger partial charge in [-0.15, -0.1) is 6.42 Å². The number of aliphatic imine (C=N–C) groups is 1. The molecule has 0 bridgehead atoms. The van der Waals surface area contributed by atoms with Crippen LogP contribution in [0, 0.1) is 12.3 Å². The number of hydrogen-bond acceptors (Lipinski definition) is 3. The Morgan fingerprint density at radius 1 is 1.11 bits per heavy atom. The first-order valence-corrected chi connectivity index (χ1v) is 12.8. The number of halogens is 2. The first-order chi connectivity index (χ1) is 17.3. The number of piperazine rings is 1. The fourth-order valence-electron chi connectivity index (χ4n) is 4.42. The van der Waals surface area contributed by atoms with Crippen LogP contribution in [-0.4, -0.2) is 59.2 Å². The average Bonchev–Trinajstić information content (AvgIpc) is 2.86. The van der Waals surface area contributed by atoms with Gasteiger partial charge >= 0.3 is 0 Å². The summed E-state index contributed by atoms with van der Waals surface area (Å²) in [5, 5.41) is 1.10. The Balaban J connectivity index is 1.73. The maximum Gasteiger partial charge on any atom is 0.228 e. The summed E-state index contributed by atoms with van der Waals surface area (Å²) in [6.45, 7) is 3.00. The van der Waals surface area contributed by atoms with E-state index >= 15 is 0 Å². The van der Waals surface area contributed by atoms with Crippen molar-refractivity contribution >= 4 is 40.9 Å². The Morgan fingerprint density at radius 3 is 2.53 bits per heavy atom. The number of hydrogen-bond donors (Lipinski definition) is 1. The maximum atomic E-state index is 13.4. The van der Waals surface area contributed by atoms with E-state index in [4.69, 9.17) is 35.4 Å². The number of amidine groups is 1. The Hall–Kier alpha value is -3.01. The van der Waals surface area contributed by atoms with Gasteiger partial charge < -0.3 is 15.5 Å². The molecular weight excluding hydrogens is 495 g/mol. The molecule has 3 rings (SSSR count). The second-order valence-electron chi connectivity index (χ2n) is 8.99. The van der Waals surface area contributed by atoms with Crippen molar-refractivity contribution in [2.75, 3.05) is 19.6 Å². The predicted octanol–water partition coefficient (Wildman–Crippen LogP) is 4.37. The highest BCUT2D eigenvalue weighted by atomic mass is 35.5. The zero-order chi connectivity index (χ0) is 26.1. The number of carbonyl (C=O) groups excluding carboxylic acids is 2. The molecule has 2 aromatic carbocycles. The van der Waals surface area contributed by atoms with Crippen LogP contribution in [0.3, 0.4) is 0 Å². The van der Waals surface area contributed by atoms with Crippen LogP contribution >= 0.6 is 23.2 Å². The molecule has 0 unspecified atom stereocenters. The molecule has 190 valence electrons. The van der Waals surface area contributed by atoms with Gasteiger partial charge in [0.2, 0.25) is 11.8 Å². The van der Waals surface area contributed by atoms with Gasteiger partial charge in [0.1, 0.15) is 6.04 Å². The van der Waals surface area contributed by atoms with E-state index in [1.54, 1.807) is 24.0 Å². The number of nitrogens with zero attached hydrogens (tertiary/aromatic N) is 3. The van der Waals surface area contributed by atoms with Crippen molar-refractivity contribution in [3.8, 4) is 12.3 Å². The lowest BCUT2D eigenvalue weighted by atomic mass is 9.99. The van der Waals surface area contributed by atoms with Crippen molar-refractivity contribution in [2.45, 2.75) is 51.1 Å². The summed E-state index contributed by atoms with van der Waals surface area (Å²) < 4.78 is 0. The van der Waals surface area contributed by atoms with Gasteiger partial charge in [0.15, 0.2) is 0 Å². The SMILES string of the molecule is C#C[C@@H]1CN(C(=O)CCc2ccc(Cl)cc2Cl)[C@@H](CCCN=C(C)N)CN1C(=O)Cc1ccccc1. The van der Waals surface area contributed by atoms with Crippen LogP contribution in [0.5, 0.6) is 0 Å². The Bertz CT molecular complexity index is 1130. The molecule has 2 amide bonds. The van der Waals surface area contributed by atoms with Gasteiger partial charge in [-0.3, -0.25) is 14.6 Å². The first kappa shape index (κ1) is 27.6. The zero-order valence-corrected chi connectivity index (χ0v) is 22.0. The van der Waals surface area contributed by atoms with Crippen molar-refractivity contribution in [1.29, 1.82) is 0 Å². The lowest BCUT2D eigenvalue weighted by Crippen LogP contribution is -2.61. The molecule has 0 radical (unpaired) electrons. The molecule has 8 heteroatoms. The molecule has 2 aromatic rings. The minimum atomic E-state index is -0.482. The van der Waals surface area contributed by atoms with Crippen molar-refractivity contribution in [3.63, 3.8) is 0 Å². The largest absolute Gasteiger partial charge is 0.388 e. The summed E-state index contributed by atoms with van der Waals surface area (Å²) in [6, 6.07) is 14.2. The molecule has 1 heterocycles. The number of benzene rings is 2. The maximum absolute atomic E-state index is 13.4. The lowest BCUT2D eigenvalue weighted by molar-refractivity contribution is -0.145. The molecule has 1 saturated heterocycles. The first-order valence-electron chi connectivity index (χ1n) is 12.1. The Kier molecular flexibility index (Phi) is 10.2. The minimum Gasteiger partial charge on any atom is -0.388 e. The van der Waals surface area contributed by atoms with Crippen LogP contribution in [0.4, 0.5) is 0 Å². The number of amides is 2. The van der Waals surface area contributed by atoms with Gasteiger partial charge in [0, 0.05) is 35.6 Å². The summed E-state index contributed by atoms with van der Waals surface area (Å²) in [6.07, 6.45) is 8.32. The Labute approximate surface area is 223 Å². The van der Waals surface area contributed by atoms with Crippen LogP contribution in [0.15, 0.2) is 53.5 Å². The molecule has 1 aliphatic heterocycles. The smallest absolute Gasteiger partial charge is 0.228 e. The van der Waals surface area contributed by atoms with Gasteiger partial charge in [-0.25, -0.2) is 0 Å². The molecule has 0 aromatic heterocycles. The van der Waals surface area contributed by atoms with E-state index in [1.807, 2.05) is 41.3 Å². The van der Waals surface area contributed by atoms with Crippen LogP contribution in [0.1, 0.15) is 37.3 Å². The Morgan fingerprint density at radius 2 is 1.86 bits per heavy atom. The number of nitrogens with two attached hydrogens (primary N) is 1. The van der Waals surface area contributed by atoms with E-state index < -0.39 is 6.04 Å². The third-order valence-corrected chi connectivity index (χ3v) is 6.89. The van der Waals surface area contributed by atoms with Crippen LogP contribution in [0.2, 0.25) is 10.0 Å². The molecule has 36 heavy (non-hydrogen) atoms. The van der Waals surface area contributed by atoms with Crippen molar-refractivity contribution < 1.29 is 9.59 Å². The monoisotopic (exact) mass is 526 g/mol. The molecule has 0 aliphatic carbocycles. The standard InChI is InChI=1S/C28H32Cl2N4O2/c1-3-24-18-34(27(35)14-12-22-11-13-23(29)17-26(22)30)25(10-7-15-32-20(2)31)19-33(24)28(36)16-21-8-5-4-6-9-21/h1,4-6,8-9,11,13,17,24-25H,7,10,12,14-16,18-19H2,2H3,(H2,31,32)/t24-,25+/m1/s1. The van der Waals surface area contributed by atoms with E-state index in [0.717, 1.165) is 17.5 Å². The van der Waals surface area contributed by atoms with E-state index in [0.29, 0.717) is 48.4 Å². The fraction of sp³-hybridized carbons (Fsp3) is 0.393. The van der Waals surface area contributed by atoms with Gasteiger partial charge in [0.25, 0.3) is 0 Å². The molecule has 1 aliphatic rings. The lowest BCUT2D eigenvalue weighted by Gasteiger charge is -2.45. The second kappa shape index (κ2) is 13.3. The predicted molar refractivity (Wildman–Crippen MR) is 146 cm³/mol. The molecule has 1 fully saturated rings. The highest BCUT2D eigenvalue weighted by Crippen LogP contribution is 2.25.